The Morgan fingerprint density at radius 1 is 1.43 bits per heavy atom. The highest BCUT2D eigenvalue weighted by atomic mass is 35.5. The zero-order valence-electron chi connectivity index (χ0n) is 7.46. The highest BCUT2D eigenvalue weighted by Crippen LogP contribution is 2.18. The van der Waals surface area contributed by atoms with Crippen LogP contribution in [0.25, 0.3) is 0 Å². The summed E-state index contributed by atoms with van der Waals surface area (Å²) in [6.45, 7) is 0. The number of hydrogen-bond donors (Lipinski definition) is 1. The van der Waals surface area contributed by atoms with Gasteiger partial charge in [-0.05, 0) is 17.7 Å². The zero-order chi connectivity index (χ0) is 9.97. The number of thiazole rings is 1. The molecule has 0 radical (unpaired) electrons. The third-order valence-electron chi connectivity index (χ3n) is 1.88. The summed E-state index contributed by atoms with van der Waals surface area (Å²) in [6.07, 6.45) is 2.81. The maximum atomic E-state index is 5.89. The van der Waals surface area contributed by atoms with Gasteiger partial charge >= 0.3 is 5.13 Å². The van der Waals surface area contributed by atoms with Crippen LogP contribution in [0, 0.1) is 0 Å². The molecule has 2 nitrogen and oxygen atoms in total. The normalized spacial score (nSPS) is 10.4. The van der Waals surface area contributed by atoms with Gasteiger partial charge in [0, 0.05) is 11.4 Å². The van der Waals surface area contributed by atoms with Crippen LogP contribution in [0.1, 0.15) is 10.4 Å². The second-order valence-electron chi connectivity index (χ2n) is 3.03. The summed E-state index contributed by atoms with van der Waals surface area (Å²) in [4.78, 5) is 4.18. The van der Waals surface area contributed by atoms with Crippen LogP contribution in [-0.2, 0) is 6.42 Å². The van der Waals surface area contributed by atoms with Crippen LogP contribution in [0.5, 0.6) is 0 Å². The van der Waals surface area contributed by atoms with Crippen LogP contribution in [-0.4, -0.2) is 0 Å². The second-order valence-corrected chi connectivity index (χ2v) is 4.63. The molecule has 1 heterocycles. The topological polar surface area (TPSA) is 40.2 Å². The number of benzene rings is 1. The van der Waals surface area contributed by atoms with Crippen molar-refractivity contribution in [3.05, 3.63) is 45.9 Å². The number of hydrogen-bond acceptors (Lipinski definition) is 2. The molecular formula is C10H10ClN2S+. The molecule has 0 aliphatic carbocycles. The minimum Gasteiger partial charge on any atom is -0.278 e. The van der Waals surface area contributed by atoms with E-state index in [2.05, 4.69) is 11.1 Å². The molecule has 2 aromatic rings. The number of halogens is 1. The molecule has 0 atom stereocenters. The fraction of sp³-hybridized carbons (Fsp3) is 0.100. The first-order chi connectivity index (χ1) is 6.74. The molecule has 0 aliphatic heterocycles. The molecule has 0 bridgehead atoms. The average molecular weight is 226 g/mol. The van der Waals surface area contributed by atoms with Crippen LogP contribution in [0.2, 0.25) is 5.02 Å². The third kappa shape index (κ3) is 2.25. The summed E-state index contributed by atoms with van der Waals surface area (Å²) < 4.78 is 0. The molecule has 3 N–H and O–H groups in total. The molecule has 4 heteroatoms. The van der Waals surface area contributed by atoms with Gasteiger partial charge in [0.05, 0.1) is 4.88 Å². The van der Waals surface area contributed by atoms with Crippen LogP contribution in [0.4, 0.5) is 5.13 Å². The van der Waals surface area contributed by atoms with Gasteiger partial charge in [-0.1, -0.05) is 35.1 Å². The van der Waals surface area contributed by atoms with E-state index >= 15 is 0 Å². The van der Waals surface area contributed by atoms with Crippen molar-refractivity contribution in [2.75, 3.05) is 5.73 Å². The lowest BCUT2D eigenvalue weighted by Crippen LogP contribution is -2.01. The van der Waals surface area contributed by atoms with E-state index in [-0.39, 0.29) is 0 Å². The number of nitrogens with one attached hydrogen (secondary N) is 1. The van der Waals surface area contributed by atoms with Crippen molar-refractivity contribution in [1.82, 2.24) is 0 Å². The van der Waals surface area contributed by atoms with Crippen LogP contribution in [0.3, 0.4) is 0 Å². The van der Waals surface area contributed by atoms with Crippen LogP contribution < -0.4 is 10.7 Å². The van der Waals surface area contributed by atoms with Gasteiger partial charge in [0.25, 0.3) is 0 Å². The first-order valence-electron chi connectivity index (χ1n) is 4.24. The lowest BCUT2D eigenvalue weighted by atomic mass is 10.1. The van der Waals surface area contributed by atoms with Crippen LogP contribution >= 0.6 is 22.9 Å². The molecule has 14 heavy (non-hydrogen) atoms. The Kier molecular flexibility index (Phi) is 2.70. The maximum absolute atomic E-state index is 5.89. The van der Waals surface area contributed by atoms with Gasteiger partial charge in [0.15, 0.2) is 0 Å². The van der Waals surface area contributed by atoms with E-state index < -0.39 is 0 Å². The third-order valence-corrected chi connectivity index (χ3v) is 2.98. The Morgan fingerprint density at radius 3 is 2.93 bits per heavy atom. The van der Waals surface area contributed by atoms with Gasteiger partial charge in [0.1, 0.15) is 6.20 Å². The molecule has 2 rings (SSSR count). The number of aromatic amines is 1. The predicted molar refractivity (Wildman–Crippen MR) is 59.5 cm³/mol. The number of H-pyrrole nitrogens is 1. The van der Waals surface area contributed by atoms with Gasteiger partial charge in [0.2, 0.25) is 0 Å². The Labute approximate surface area is 91.4 Å². The lowest BCUT2D eigenvalue weighted by Gasteiger charge is -1.97. The number of aromatic nitrogens is 1. The smallest absolute Gasteiger partial charge is 0.278 e. The highest BCUT2D eigenvalue weighted by Gasteiger charge is 2.03. The fourth-order valence-corrected chi connectivity index (χ4v) is 2.26. The minimum atomic E-state index is 0.738. The van der Waals surface area contributed by atoms with Crippen LogP contribution in [0.15, 0.2) is 30.5 Å². The number of nitrogen functional groups attached to an aromatic ring is 1. The van der Waals surface area contributed by atoms with E-state index in [0.29, 0.717) is 0 Å². The first-order valence-corrected chi connectivity index (χ1v) is 5.44. The molecule has 0 saturated heterocycles. The van der Waals surface area contributed by atoms with Crippen molar-refractivity contribution >= 4 is 28.1 Å². The first kappa shape index (κ1) is 9.49. The summed E-state index contributed by atoms with van der Waals surface area (Å²) in [5, 5.41) is 1.51. The van der Waals surface area contributed by atoms with Gasteiger partial charge in [-0.15, -0.1) is 0 Å². The Bertz CT molecular complexity index is 439. The van der Waals surface area contributed by atoms with E-state index in [9.17, 15) is 0 Å². The minimum absolute atomic E-state index is 0.738. The van der Waals surface area contributed by atoms with Crippen molar-refractivity contribution in [3.63, 3.8) is 0 Å². The fourth-order valence-electron chi connectivity index (χ4n) is 1.29. The average Bonchev–Trinajstić information content (AvgIpc) is 2.51. The molecule has 72 valence electrons. The summed E-state index contributed by atoms with van der Waals surface area (Å²) in [5.41, 5.74) is 6.80. The van der Waals surface area contributed by atoms with Gasteiger partial charge in [-0.2, -0.15) is 0 Å². The van der Waals surface area contributed by atoms with E-state index in [4.69, 9.17) is 17.3 Å². The van der Waals surface area contributed by atoms with Gasteiger partial charge in [-0.25, -0.2) is 4.98 Å². The SMILES string of the molecule is Nc1[nH+]cc(Cc2cccc(Cl)c2)s1. The Balaban J connectivity index is 2.18. The van der Waals surface area contributed by atoms with Crippen molar-refractivity contribution in [3.8, 4) is 0 Å². The van der Waals surface area contributed by atoms with E-state index in [1.807, 2.05) is 24.4 Å². The molecular weight excluding hydrogens is 216 g/mol. The second kappa shape index (κ2) is 3.98. The van der Waals surface area contributed by atoms with Crippen molar-refractivity contribution in [2.24, 2.45) is 0 Å². The number of rotatable bonds is 2. The molecule has 0 fully saturated rings. The number of nitrogens with two attached hydrogens (primary N) is 1. The summed E-state index contributed by atoms with van der Waals surface area (Å²) in [7, 11) is 0. The molecule has 1 aromatic carbocycles. The highest BCUT2D eigenvalue weighted by molar-refractivity contribution is 7.14. The molecule has 0 saturated carbocycles. The molecule has 0 aliphatic rings. The van der Waals surface area contributed by atoms with E-state index in [0.717, 1.165) is 16.6 Å². The van der Waals surface area contributed by atoms with E-state index in [1.54, 1.807) is 11.3 Å². The molecule has 1 aromatic heterocycles. The standard InChI is InChI=1S/C10H9ClN2S/c11-8-3-1-2-7(4-8)5-9-6-13-10(12)14-9/h1-4,6H,5H2,(H2,12,13)/p+1. The predicted octanol–water partition coefficient (Wildman–Crippen LogP) is 2.39. The van der Waals surface area contributed by atoms with Crippen molar-refractivity contribution in [2.45, 2.75) is 6.42 Å². The van der Waals surface area contributed by atoms with Crippen molar-refractivity contribution in [1.29, 1.82) is 0 Å². The van der Waals surface area contributed by atoms with Gasteiger partial charge < -0.3 is 0 Å². The Morgan fingerprint density at radius 2 is 2.29 bits per heavy atom. The summed E-state index contributed by atoms with van der Waals surface area (Å²) in [5.74, 6) is 0. The summed E-state index contributed by atoms with van der Waals surface area (Å²) >= 11 is 7.45. The molecule has 0 amide bonds. The Hall–Kier alpha value is -1.06. The quantitative estimate of drug-likeness (QED) is 0.838. The summed E-state index contributed by atoms with van der Waals surface area (Å²) in [6, 6.07) is 7.86. The molecule has 0 unspecified atom stereocenters. The number of anilines is 1. The lowest BCUT2D eigenvalue weighted by molar-refractivity contribution is -0.354. The maximum Gasteiger partial charge on any atom is 0.329 e. The van der Waals surface area contributed by atoms with Gasteiger partial charge in [-0.3, -0.25) is 5.73 Å². The zero-order valence-corrected chi connectivity index (χ0v) is 9.03. The monoisotopic (exact) mass is 225 g/mol. The van der Waals surface area contributed by atoms with Crippen molar-refractivity contribution < 1.29 is 4.98 Å². The molecule has 0 spiro atoms. The largest absolute Gasteiger partial charge is 0.329 e. The van der Waals surface area contributed by atoms with E-state index in [1.165, 1.54) is 10.4 Å².